The Balaban J connectivity index is 0. The predicted molar refractivity (Wildman–Crippen MR) is 104 cm³/mol. The largest absolute Gasteiger partial charge is 0.469 e. The molecule has 0 saturated carbocycles. The molecule has 0 unspecified atom stereocenters. The average Bonchev–Trinajstić information content (AvgIpc) is 2.46. The number of esters is 1. The fraction of sp³-hybridized carbons (Fsp3) is 0.875. The first-order valence-electron chi connectivity index (χ1n) is 8.19. The van der Waals surface area contributed by atoms with Crippen LogP contribution >= 0.6 is 24.0 Å². The number of methoxy groups -OCH3 is 1. The summed E-state index contributed by atoms with van der Waals surface area (Å²) in [6.07, 6.45) is 5.81. The quantitative estimate of drug-likeness (QED) is 0.175. The molecule has 0 aromatic carbocycles. The van der Waals surface area contributed by atoms with Crippen molar-refractivity contribution < 1.29 is 9.53 Å². The molecule has 5 nitrogen and oxygen atoms in total. The van der Waals surface area contributed by atoms with Crippen LogP contribution in [0.25, 0.3) is 0 Å². The third-order valence-electron chi connectivity index (χ3n) is 3.13. The second kappa shape index (κ2) is 16.8. The molecule has 0 radical (unpaired) electrons. The highest BCUT2D eigenvalue weighted by atomic mass is 127. The molecule has 132 valence electrons. The Labute approximate surface area is 153 Å². The summed E-state index contributed by atoms with van der Waals surface area (Å²) in [4.78, 5) is 15.5. The molecule has 0 saturated heterocycles. The zero-order chi connectivity index (χ0) is 15.9. The van der Waals surface area contributed by atoms with Gasteiger partial charge in [0.1, 0.15) is 0 Å². The number of nitrogens with one attached hydrogen (secondary N) is 2. The first kappa shape index (κ1) is 23.7. The molecule has 0 heterocycles. The molecule has 0 rings (SSSR count). The topological polar surface area (TPSA) is 62.7 Å². The van der Waals surface area contributed by atoms with Gasteiger partial charge in [-0.2, -0.15) is 0 Å². The van der Waals surface area contributed by atoms with E-state index in [1.165, 1.54) is 13.5 Å². The van der Waals surface area contributed by atoms with E-state index >= 15 is 0 Å². The molecule has 0 fully saturated rings. The number of unbranched alkanes of at least 4 members (excludes halogenated alkanes) is 2. The molecular formula is C16H34IN3O2. The van der Waals surface area contributed by atoms with Crippen molar-refractivity contribution in [3.63, 3.8) is 0 Å². The van der Waals surface area contributed by atoms with Gasteiger partial charge in [0.25, 0.3) is 0 Å². The standard InChI is InChI=1S/C16H33N3O2.HI/c1-5-17-16(19-13-9-10-14(2)3)18-12-8-6-7-11-15(20)21-4;/h14H,5-13H2,1-4H3,(H2,17,18,19);1H. The summed E-state index contributed by atoms with van der Waals surface area (Å²) >= 11 is 0. The zero-order valence-electron chi connectivity index (χ0n) is 14.6. The highest BCUT2D eigenvalue weighted by molar-refractivity contribution is 14.0. The summed E-state index contributed by atoms with van der Waals surface area (Å²) < 4.78 is 4.61. The SMILES string of the molecule is CCNC(=NCCCC(C)C)NCCCCCC(=O)OC.I. The lowest BCUT2D eigenvalue weighted by Gasteiger charge is -2.11. The molecule has 2 N–H and O–H groups in total. The van der Waals surface area contributed by atoms with Gasteiger partial charge in [0.05, 0.1) is 7.11 Å². The van der Waals surface area contributed by atoms with Gasteiger partial charge in [-0.15, -0.1) is 24.0 Å². The van der Waals surface area contributed by atoms with Gasteiger partial charge in [-0.1, -0.05) is 20.3 Å². The lowest BCUT2D eigenvalue weighted by Crippen LogP contribution is -2.37. The van der Waals surface area contributed by atoms with Crippen LogP contribution in [-0.4, -0.2) is 38.7 Å². The van der Waals surface area contributed by atoms with Gasteiger partial charge in [0.15, 0.2) is 5.96 Å². The van der Waals surface area contributed by atoms with Crippen molar-refractivity contribution in [2.45, 2.75) is 59.3 Å². The molecule has 0 aliphatic carbocycles. The zero-order valence-corrected chi connectivity index (χ0v) is 16.9. The summed E-state index contributed by atoms with van der Waals surface area (Å²) in [5.41, 5.74) is 0. The Morgan fingerprint density at radius 1 is 1.14 bits per heavy atom. The number of rotatable bonds is 11. The monoisotopic (exact) mass is 427 g/mol. The molecule has 0 aliphatic heterocycles. The van der Waals surface area contributed by atoms with Crippen LogP contribution in [0.15, 0.2) is 4.99 Å². The first-order valence-corrected chi connectivity index (χ1v) is 8.19. The van der Waals surface area contributed by atoms with Crippen LogP contribution in [-0.2, 0) is 9.53 Å². The summed E-state index contributed by atoms with van der Waals surface area (Å²) in [6.45, 7) is 9.18. The number of ether oxygens (including phenoxy) is 1. The second-order valence-corrected chi connectivity index (χ2v) is 5.61. The maximum atomic E-state index is 11.0. The van der Waals surface area contributed by atoms with Gasteiger partial charge in [0, 0.05) is 26.1 Å². The fourth-order valence-corrected chi connectivity index (χ4v) is 1.91. The van der Waals surface area contributed by atoms with E-state index in [9.17, 15) is 4.79 Å². The van der Waals surface area contributed by atoms with Crippen molar-refractivity contribution in [3.8, 4) is 0 Å². The van der Waals surface area contributed by atoms with E-state index in [4.69, 9.17) is 0 Å². The maximum absolute atomic E-state index is 11.0. The van der Waals surface area contributed by atoms with E-state index in [-0.39, 0.29) is 29.9 Å². The Morgan fingerprint density at radius 3 is 2.45 bits per heavy atom. The van der Waals surface area contributed by atoms with Crippen molar-refractivity contribution in [1.29, 1.82) is 0 Å². The molecule has 0 spiro atoms. The van der Waals surface area contributed by atoms with Crippen molar-refractivity contribution in [2.24, 2.45) is 10.9 Å². The number of halogens is 1. The molecule has 0 bridgehead atoms. The number of carbonyl (C=O) groups is 1. The van der Waals surface area contributed by atoms with Gasteiger partial charge >= 0.3 is 5.97 Å². The lowest BCUT2D eigenvalue weighted by molar-refractivity contribution is -0.140. The Kier molecular flexibility index (Phi) is 18.2. The summed E-state index contributed by atoms with van der Waals surface area (Å²) in [5, 5.41) is 6.59. The Hall–Kier alpha value is -0.530. The normalized spacial score (nSPS) is 11.0. The second-order valence-electron chi connectivity index (χ2n) is 5.61. The van der Waals surface area contributed by atoms with Crippen LogP contribution in [0.3, 0.4) is 0 Å². The first-order chi connectivity index (χ1) is 10.1. The molecule has 0 aromatic rings. The Morgan fingerprint density at radius 2 is 1.86 bits per heavy atom. The lowest BCUT2D eigenvalue weighted by atomic mass is 10.1. The third kappa shape index (κ3) is 15.9. The van der Waals surface area contributed by atoms with E-state index < -0.39 is 0 Å². The molecule has 0 aliphatic rings. The van der Waals surface area contributed by atoms with Gasteiger partial charge in [-0.05, 0) is 38.5 Å². The molecule has 0 atom stereocenters. The third-order valence-corrected chi connectivity index (χ3v) is 3.13. The van der Waals surface area contributed by atoms with E-state index in [1.807, 2.05) is 0 Å². The van der Waals surface area contributed by atoms with Gasteiger partial charge in [-0.25, -0.2) is 0 Å². The number of aliphatic imine (C=N–C) groups is 1. The predicted octanol–water partition coefficient (Wildman–Crippen LogP) is 3.33. The number of guanidine groups is 1. The van der Waals surface area contributed by atoms with Crippen LogP contribution in [0.5, 0.6) is 0 Å². The van der Waals surface area contributed by atoms with Crippen LogP contribution < -0.4 is 10.6 Å². The van der Waals surface area contributed by atoms with E-state index in [2.05, 4.69) is 41.1 Å². The van der Waals surface area contributed by atoms with Gasteiger partial charge in [-0.3, -0.25) is 9.79 Å². The minimum atomic E-state index is -0.122. The minimum Gasteiger partial charge on any atom is -0.469 e. The van der Waals surface area contributed by atoms with E-state index in [0.717, 1.165) is 57.2 Å². The van der Waals surface area contributed by atoms with Crippen molar-refractivity contribution in [3.05, 3.63) is 0 Å². The van der Waals surface area contributed by atoms with Gasteiger partial charge < -0.3 is 15.4 Å². The summed E-state index contributed by atoms with van der Waals surface area (Å²) in [5.74, 6) is 1.52. The number of hydrogen-bond acceptors (Lipinski definition) is 3. The highest BCUT2D eigenvalue weighted by Crippen LogP contribution is 2.03. The van der Waals surface area contributed by atoms with E-state index in [0.29, 0.717) is 6.42 Å². The van der Waals surface area contributed by atoms with Crippen LogP contribution in [0, 0.1) is 5.92 Å². The number of carbonyl (C=O) groups excluding carboxylic acids is 1. The average molecular weight is 427 g/mol. The molecule has 0 aromatic heterocycles. The van der Waals surface area contributed by atoms with Crippen molar-refractivity contribution in [2.75, 3.05) is 26.7 Å². The molecule has 6 heteroatoms. The van der Waals surface area contributed by atoms with Crippen molar-refractivity contribution >= 4 is 35.9 Å². The number of nitrogens with zero attached hydrogens (tertiary/aromatic N) is 1. The molecule has 22 heavy (non-hydrogen) atoms. The van der Waals surface area contributed by atoms with E-state index in [1.54, 1.807) is 0 Å². The number of hydrogen-bond donors (Lipinski definition) is 2. The van der Waals surface area contributed by atoms with Crippen LogP contribution in [0.2, 0.25) is 0 Å². The summed E-state index contributed by atoms with van der Waals surface area (Å²) in [7, 11) is 1.43. The summed E-state index contributed by atoms with van der Waals surface area (Å²) in [6, 6.07) is 0. The maximum Gasteiger partial charge on any atom is 0.305 e. The smallest absolute Gasteiger partial charge is 0.305 e. The van der Waals surface area contributed by atoms with Crippen LogP contribution in [0.1, 0.15) is 59.3 Å². The Bertz CT molecular complexity index is 297. The fourth-order valence-electron chi connectivity index (χ4n) is 1.91. The van der Waals surface area contributed by atoms with Crippen molar-refractivity contribution in [1.82, 2.24) is 10.6 Å². The highest BCUT2D eigenvalue weighted by Gasteiger charge is 2.00. The minimum absolute atomic E-state index is 0. The molecular weight excluding hydrogens is 393 g/mol. The van der Waals surface area contributed by atoms with Crippen LogP contribution in [0.4, 0.5) is 0 Å². The molecule has 0 amide bonds. The van der Waals surface area contributed by atoms with Gasteiger partial charge in [0.2, 0.25) is 0 Å².